The van der Waals surface area contributed by atoms with Crippen molar-refractivity contribution < 1.29 is 9.90 Å². The first kappa shape index (κ1) is 17.0. The van der Waals surface area contributed by atoms with Crippen molar-refractivity contribution >= 4 is 5.91 Å². The van der Waals surface area contributed by atoms with E-state index >= 15 is 0 Å². The molecule has 1 aromatic rings. The molecule has 1 saturated carbocycles. The van der Waals surface area contributed by atoms with Crippen LogP contribution in [0.15, 0.2) is 24.3 Å². The van der Waals surface area contributed by atoms with Crippen molar-refractivity contribution in [2.24, 2.45) is 5.41 Å². The first-order chi connectivity index (χ1) is 10.4. The Morgan fingerprint density at radius 2 is 1.82 bits per heavy atom. The van der Waals surface area contributed by atoms with E-state index < -0.39 is 0 Å². The number of nitrogens with zero attached hydrogens (tertiary/aromatic N) is 2. The lowest BCUT2D eigenvalue weighted by Crippen LogP contribution is -2.48. The molecule has 0 radical (unpaired) electrons. The Hall–Kier alpha value is -1.39. The Labute approximate surface area is 133 Å². The zero-order valence-electron chi connectivity index (χ0n) is 14.2. The predicted molar refractivity (Wildman–Crippen MR) is 88.6 cm³/mol. The maximum absolute atomic E-state index is 12.9. The van der Waals surface area contributed by atoms with Gasteiger partial charge in [-0.3, -0.25) is 9.69 Å². The Bertz CT molecular complexity index is 501. The van der Waals surface area contributed by atoms with Gasteiger partial charge in [0.25, 0.3) is 0 Å². The van der Waals surface area contributed by atoms with E-state index in [0.717, 1.165) is 24.8 Å². The molecule has 1 aromatic carbocycles. The van der Waals surface area contributed by atoms with Gasteiger partial charge in [-0.1, -0.05) is 36.2 Å². The molecule has 4 nitrogen and oxygen atoms in total. The summed E-state index contributed by atoms with van der Waals surface area (Å²) in [7, 11) is 5.71. The molecule has 1 aliphatic rings. The van der Waals surface area contributed by atoms with E-state index in [9.17, 15) is 9.90 Å². The highest BCUT2D eigenvalue weighted by molar-refractivity contribution is 5.83. The van der Waals surface area contributed by atoms with Crippen LogP contribution in [0, 0.1) is 12.3 Å². The van der Waals surface area contributed by atoms with Gasteiger partial charge in [0, 0.05) is 19.0 Å². The molecule has 0 aliphatic heterocycles. The minimum Gasteiger partial charge on any atom is -0.396 e. The van der Waals surface area contributed by atoms with Crippen molar-refractivity contribution in [3.05, 3.63) is 35.4 Å². The van der Waals surface area contributed by atoms with Crippen molar-refractivity contribution in [3.8, 4) is 0 Å². The molecule has 0 unspecified atom stereocenters. The van der Waals surface area contributed by atoms with Gasteiger partial charge in [0.05, 0.1) is 6.61 Å². The lowest BCUT2D eigenvalue weighted by molar-refractivity contribution is -0.138. The minimum absolute atomic E-state index is 0.0749. The second kappa shape index (κ2) is 6.80. The Morgan fingerprint density at radius 3 is 2.23 bits per heavy atom. The summed E-state index contributed by atoms with van der Waals surface area (Å²) >= 11 is 0. The second-order valence-corrected chi connectivity index (χ2v) is 6.98. The fourth-order valence-corrected chi connectivity index (χ4v) is 3.24. The summed E-state index contributed by atoms with van der Waals surface area (Å²) in [6.45, 7) is 2.85. The molecule has 0 saturated heterocycles. The van der Waals surface area contributed by atoms with E-state index in [-0.39, 0.29) is 24.0 Å². The number of hydrogen-bond donors (Lipinski definition) is 1. The summed E-state index contributed by atoms with van der Waals surface area (Å²) in [4.78, 5) is 16.7. The number of aryl methyl sites for hydroxylation is 1. The third kappa shape index (κ3) is 3.50. The number of aliphatic hydroxyl groups excluding tert-OH is 1. The topological polar surface area (TPSA) is 43.8 Å². The standard InChI is InChI=1S/C18H28N2O2/c1-14-6-8-15(9-7-14)16(19(2)3)17(22)20(4)12-18(13-21)10-5-11-18/h6-9,16,21H,5,10-13H2,1-4H3/t16-/m1/s1. The van der Waals surface area contributed by atoms with Crippen molar-refractivity contribution in [1.29, 1.82) is 0 Å². The van der Waals surface area contributed by atoms with Crippen LogP contribution >= 0.6 is 0 Å². The zero-order valence-corrected chi connectivity index (χ0v) is 14.2. The SMILES string of the molecule is Cc1ccc([C@H](C(=O)N(C)CC2(CO)CCC2)N(C)C)cc1. The van der Waals surface area contributed by atoms with Gasteiger partial charge < -0.3 is 10.0 Å². The number of amides is 1. The van der Waals surface area contributed by atoms with Crippen LogP contribution in [-0.4, -0.2) is 55.1 Å². The smallest absolute Gasteiger partial charge is 0.244 e. The molecule has 1 amide bonds. The average molecular weight is 304 g/mol. The monoisotopic (exact) mass is 304 g/mol. The fraction of sp³-hybridized carbons (Fsp3) is 0.611. The van der Waals surface area contributed by atoms with Gasteiger partial charge >= 0.3 is 0 Å². The molecular formula is C18H28N2O2. The molecule has 1 atom stereocenters. The van der Waals surface area contributed by atoms with Crippen molar-refractivity contribution in [2.45, 2.75) is 32.2 Å². The second-order valence-electron chi connectivity index (χ2n) is 6.98. The molecular weight excluding hydrogens is 276 g/mol. The average Bonchev–Trinajstić information content (AvgIpc) is 2.44. The largest absolute Gasteiger partial charge is 0.396 e. The van der Waals surface area contributed by atoms with Crippen molar-refractivity contribution in [3.63, 3.8) is 0 Å². The van der Waals surface area contributed by atoms with Gasteiger partial charge in [0.2, 0.25) is 5.91 Å². The van der Waals surface area contributed by atoms with Crippen LogP contribution < -0.4 is 0 Å². The first-order valence-electron chi connectivity index (χ1n) is 7.97. The maximum atomic E-state index is 12.9. The van der Waals surface area contributed by atoms with Gasteiger partial charge in [0.15, 0.2) is 0 Å². The van der Waals surface area contributed by atoms with E-state index in [4.69, 9.17) is 0 Å². The minimum atomic E-state index is -0.276. The summed E-state index contributed by atoms with van der Waals surface area (Å²) in [5.41, 5.74) is 2.13. The molecule has 1 fully saturated rings. The van der Waals surface area contributed by atoms with Crippen molar-refractivity contribution in [1.82, 2.24) is 9.80 Å². The van der Waals surface area contributed by atoms with Crippen LogP contribution in [0.25, 0.3) is 0 Å². The Balaban J connectivity index is 2.14. The number of hydrogen-bond acceptors (Lipinski definition) is 3. The van der Waals surface area contributed by atoms with Crippen LogP contribution in [0.3, 0.4) is 0 Å². The number of rotatable bonds is 6. The highest BCUT2D eigenvalue weighted by atomic mass is 16.3. The molecule has 1 aliphatic carbocycles. The van der Waals surface area contributed by atoms with Gasteiger partial charge in [-0.2, -0.15) is 0 Å². The van der Waals surface area contributed by atoms with Gasteiger partial charge in [-0.25, -0.2) is 0 Å². The number of likely N-dealkylation sites (N-methyl/N-ethyl adjacent to an activating group) is 2. The third-order valence-corrected chi connectivity index (χ3v) is 4.84. The van der Waals surface area contributed by atoms with E-state index in [1.54, 1.807) is 4.90 Å². The van der Waals surface area contributed by atoms with Gasteiger partial charge in [0.1, 0.15) is 6.04 Å². The molecule has 4 heteroatoms. The van der Waals surface area contributed by atoms with Crippen LogP contribution in [0.4, 0.5) is 0 Å². The number of benzene rings is 1. The molecule has 0 aromatic heterocycles. The zero-order chi connectivity index (χ0) is 16.3. The maximum Gasteiger partial charge on any atom is 0.244 e. The normalized spacial score (nSPS) is 17.9. The third-order valence-electron chi connectivity index (χ3n) is 4.84. The van der Waals surface area contributed by atoms with E-state index in [1.807, 2.05) is 57.2 Å². The highest BCUT2D eigenvalue weighted by Crippen LogP contribution is 2.41. The van der Waals surface area contributed by atoms with Crippen LogP contribution in [0.1, 0.15) is 36.4 Å². The molecule has 0 bridgehead atoms. The lowest BCUT2D eigenvalue weighted by atomic mass is 9.69. The molecule has 1 N–H and O–H groups in total. The summed E-state index contributed by atoms with van der Waals surface area (Å²) in [5.74, 6) is 0.0913. The van der Waals surface area contributed by atoms with Gasteiger partial charge in [-0.05, 0) is 39.4 Å². The lowest BCUT2D eigenvalue weighted by Gasteiger charge is -2.43. The van der Waals surface area contributed by atoms with E-state index in [0.29, 0.717) is 6.54 Å². The molecule has 0 heterocycles. The summed E-state index contributed by atoms with van der Waals surface area (Å²) < 4.78 is 0. The summed E-state index contributed by atoms with van der Waals surface area (Å²) in [5, 5.41) is 9.61. The summed E-state index contributed by atoms with van der Waals surface area (Å²) in [6.07, 6.45) is 3.17. The van der Waals surface area contributed by atoms with Crippen LogP contribution in [0.5, 0.6) is 0 Å². The van der Waals surface area contributed by atoms with Gasteiger partial charge in [-0.15, -0.1) is 0 Å². The quantitative estimate of drug-likeness (QED) is 0.876. The molecule has 0 spiro atoms. The number of aliphatic hydroxyl groups is 1. The molecule has 2 rings (SSSR count). The van der Waals surface area contributed by atoms with Crippen LogP contribution in [-0.2, 0) is 4.79 Å². The molecule has 22 heavy (non-hydrogen) atoms. The Morgan fingerprint density at radius 1 is 1.23 bits per heavy atom. The van der Waals surface area contributed by atoms with Crippen LogP contribution in [0.2, 0.25) is 0 Å². The Kier molecular flexibility index (Phi) is 5.24. The summed E-state index contributed by atoms with van der Waals surface area (Å²) in [6, 6.07) is 7.86. The van der Waals surface area contributed by atoms with Crippen molar-refractivity contribution in [2.75, 3.05) is 34.3 Å². The highest BCUT2D eigenvalue weighted by Gasteiger charge is 2.39. The molecule has 122 valence electrons. The first-order valence-corrected chi connectivity index (χ1v) is 7.97. The van der Waals surface area contributed by atoms with E-state index in [1.165, 1.54) is 5.56 Å². The number of carbonyl (C=O) groups excluding carboxylic acids is 1. The fourth-order valence-electron chi connectivity index (χ4n) is 3.24. The van der Waals surface area contributed by atoms with E-state index in [2.05, 4.69) is 0 Å². The number of carbonyl (C=O) groups is 1. The predicted octanol–water partition coefficient (Wildman–Crippen LogP) is 2.22.